The number of esters is 1. The number of benzene rings is 3. The van der Waals surface area contributed by atoms with Crippen LogP contribution in [0.15, 0.2) is 91.1 Å². The average Bonchev–Trinajstić information content (AvgIpc) is 3.96. The molecule has 5 rings (SSSR count). The summed E-state index contributed by atoms with van der Waals surface area (Å²) in [6.45, 7) is 8.88. The normalized spacial score (nSPS) is 15.1. The number of rotatable bonds is 26. The van der Waals surface area contributed by atoms with Crippen LogP contribution in [0.1, 0.15) is 96.3 Å². The summed E-state index contributed by atoms with van der Waals surface area (Å²) >= 11 is 1.47. The number of amides is 7. The summed E-state index contributed by atoms with van der Waals surface area (Å²) < 4.78 is 16.5. The number of para-hydroxylation sites is 1. The number of unbranched alkanes of at least 4 members (excludes halogenated alkanes) is 1. The zero-order chi connectivity index (χ0) is 54.7. The van der Waals surface area contributed by atoms with Gasteiger partial charge in [0.05, 0.1) is 7.11 Å². The van der Waals surface area contributed by atoms with Crippen molar-refractivity contribution < 1.29 is 52.6 Å². The molecular formula is C55H74N8O11S. The molecule has 1 aliphatic heterocycles. The number of imide groups is 1. The molecule has 1 saturated heterocycles. The minimum absolute atomic E-state index is 0.00331. The van der Waals surface area contributed by atoms with Crippen molar-refractivity contribution in [3.8, 4) is 0 Å². The Labute approximate surface area is 443 Å². The fourth-order valence-corrected chi connectivity index (χ4v) is 9.12. The van der Waals surface area contributed by atoms with Crippen LogP contribution in [0.2, 0.25) is 0 Å². The van der Waals surface area contributed by atoms with Crippen molar-refractivity contribution in [1.82, 2.24) is 35.9 Å². The van der Waals surface area contributed by atoms with Crippen molar-refractivity contribution in [3.05, 3.63) is 108 Å². The maximum Gasteiger partial charge on any atom is 0.417 e. The monoisotopic (exact) mass is 1050 g/mol. The van der Waals surface area contributed by atoms with Gasteiger partial charge in [-0.3, -0.25) is 24.0 Å². The molecule has 75 heavy (non-hydrogen) atoms. The maximum absolute atomic E-state index is 15.4. The number of nitrogens with zero attached hydrogens (tertiary/aromatic N) is 3. The minimum Gasteiger partial charge on any atom is -0.467 e. The second kappa shape index (κ2) is 28.7. The molecule has 1 aromatic heterocycles. The van der Waals surface area contributed by atoms with Crippen molar-refractivity contribution in [1.29, 1.82) is 0 Å². The fraction of sp³-hybridized carbons (Fsp3) is 0.491. The van der Waals surface area contributed by atoms with Gasteiger partial charge in [0.1, 0.15) is 36.4 Å². The number of aromatic amines is 1. The number of methoxy groups -OCH3 is 1. The van der Waals surface area contributed by atoms with Gasteiger partial charge in [-0.1, -0.05) is 92.7 Å². The molecule has 1 fully saturated rings. The van der Waals surface area contributed by atoms with Crippen molar-refractivity contribution in [2.24, 2.45) is 11.7 Å². The van der Waals surface area contributed by atoms with Gasteiger partial charge in [0.25, 0.3) is 11.8 Å². The molecule has 406 valence electrons. The Morgan fingerprint density at radius 3 is 2.13 bits per heavy atom. The number of carbonyl (C=O) groups is 8. The smallest absolute Gasteiger partial charge is 0.417 e. The molecule has 2 heterocycles. The predicted molar refractivity (Wildman–Crippen MR) is 285 cm³/mol. The first kappa shape index (κ1) is 59.0. The van der Waals surface area contributed by atoms with Crippen LogP contribution in [0.25, 0.3) is 10.9 Å². The molecule has 0 aliphatic carbocycles. The number of nitrogens with one attached hydrogen (secondary N) is 4. The molecule has 20 heteroatoms. The summed E-state index contributed by atoms with van der Waals surface area (Å²) in [5.41, 5.74) is 7.35. The van der Waals surface area contributed by atoms with Gasteiger partial charge in [-0.25, -0.2) is 29.3 Å². The predicted octanol–water partition coefficient (Wildman–Crippen LogP) is 6.19. The van der Waals surface area contributed by atoms with E-state index in [0.717, 1.165) is 0 Å². The van der Waals surface area contributed by atoms with E-state index in [0.29, 0.717) is 57.5 Å². The number of aromatic nitrogens is 1. The Hall–Kier alpha value is -6.93. The van der Waals surface area contributed by atoms with Crippen LogP contribution in [-0.4, -0.2) is 136 Å². The Morgan fingerprint density at radius 2 is 1.49 bits per heavy atom. The van der Waals surface area contributed by atoms with Gasteiger partial charge >= 0.3 is 18.2 Å². The SMILES string of the molecule is COC(=O)C(CCSC)N(C(=O)CCC(C)C)N1CC[C@@H](NC(=O)[C@@H](Cc2ccccc2)NC(=O)[C@@H](Cc2c[nH]c3ccccc23)N(C(=O)OCc2ccccc2)C(=O)[C@H](CCCCN)NC(=O)OC(C)(C)C)C1=O. The van der Waals surface area contributed by atoms with E-state index >= 15 is 9.59 Å². The van der Waals surface area contributed by atoms with E-state index < -0.39 is 83.5 Å². The molecule has 6 N–H and O–H groups in total. The van der Waals surface area contributed by atoms with Gasteiger partial charge in [-0.2, -0.15) is 11.8 Å². The van der Waals surface area contributed by atoms with Crippen LogP contribution >= 0.6 is 11.8 Å². The number of ether oxygens (including phenoxy) is 3. The summed E-state index contributed by atoms with van der Waals surface area (Å²) in [5.74, 6) is -3.82. The number of H-pyrrole nitrogens is 1. The number of alkyl carbamates (subject to hydrolysis) is 1. The molecule has 3 aromatic carbocycles. The van der Waals surface area contributed by atoms with Crippen molar-refractivity contribution in [3.63, 3.8) is 0 Å². The summed E-state index contributed by atoms with van der Waals surface area (Å²) in [6.07, 6.45) is 2.63. The number of hydrogen-bond donors (Lipinski definition) is 5. The van der Waals surface area contributed by atoms with Gasteiger partial charge in [0.2, 0.25) is 17.7 Å². The van der Waals surface area contributed by atoms with Crippen LogP contribution in [0.3, 0.4) is 0 Å². The van der Waals surface area contributed by atoms with E-state index in [9.17, 15) is 28.8 Å². The van der Waals surface area contributed by atoms with Crippen molar-refractivity contribution in [2.75, 3.05) is 32.2 Å². The molecule has 1 aliphatic rings. The minimum atomic E-state index is -1.71. The summed E-state index contributed by atoms with van der Waals surface area (Å²) in [7, 11) is 1.22. The van der Waals surface area contributed by atoms with Crippen LogP contribution < -0.4 is 21.7 Å². The lowest BCUT2D eigenvalue weighted by atomic mass is 9.99. The summed E-state index contributed by atoms with van der Waals surface area (Å²) in [5, 5.41) is 11.4. The van der Waals surface area contributed by atoms with E-state index in [1.165, 1.54) is 28.9 Å². The zero-order valence-corrected chi connectivity index (χ0v) is 45.0. The van der Waals surface area contributed by atoms with Crippen molar-refractivity contribution in [2.45, 2.75) is 135 Å². The summed E-state index contributed by atoms with van der Waals surface area (Å²) in [6, 6.07) is 18.0. The standard InChI is InChI=1S/C55H74N8O11S/c1-36(2)25-26-47(64)63(45(28-31-75-7)52(69)72-6)61-30-27-43(50(61)67)58-48(65)44(32-37-18-10-8-11-19-37)59-49(66)46(33-39-34-57-41-23-15-14-22-40(39)41)62(54(71)73-35-38-20-12-9-13-21-38)51(68)42(24-16-17-29-56)60-53(70)74-55(3,4)5/h8-15,18-23,34,36,42-46,57H,16-17,24-33,35,56H2,1-7H3,(H,58,65)(H,59,66)(H,60,70)/t42-,43+,44+,45?,46+/m0/s1. The number of fused-ring (bicyclic) bond motifs is 1. The molecule has 4 aromatic rings. The molecule has 7 amide bonds. The Bertz CT molecular complexity index is 2550. The Kier molecular flexibility index (Phi) is 22.5. The van der Waals surface area contributed by atoms with Gasteiger partial charge < -0.3 is 40.9 Å². The third-order valence-electron chi connectivity index (χ3n) is 12.5. The van der Waals surface area contributed by atoms with Gasteiger partial charge in [0.15, 0.2) is 6.04 Å². The number of hydrazine groups is 1. The first-order chi connectivity index (χ1) is 35.8. The van der Waals surface area contributed by atoms with Gasteiger partial charge in [-0.15, -0.1) is 0 Å². The molecule has 0 radical (unpaired) electrons. The molecule has 5 atom stereocenters. The number of carbonyl (C=O) groups excluding carboxylic acids is 8. The largest absolute Gasteiger partial charge is 0.467 e. The van der Waals surface area contributed by atoms with E-state index in [4.69, 9.17) is 19.9 Å². The Morgan fingerprint density at radius 1 is 0.827 bits per heavy atom. The van der Waals surface area contributed by atoms with Crippen LogP contribution in [-0.2, 0) is 62.4 Å². The molecular weight excluding hydrogens is 981 g/mol. The number of thioether (sulfide) groups is 1. The second-order valence-corrected chi connectivity index (χ2v) is 20.9. The quantitative estimate of drug-likeness (QED) is 0.0268. The highest BCUT2D eigenvalue weighted by atomic mass is 32.2. The third-order valence-corrected chi connectivity index (χ3v) is 13.2. The van der Waals surface area contributed by atoms with Crippen molar-refractivity contribution >= 4 is 70.4 Å². The molecule has 0 spiro atoms. The first-order valence-corrected chi connectivity index (χ1v) is 26.9. The highest BCUT2D eigenvalue weighted by Crippen LogP contribution is 2.26. The molecule has 19 nitrogen and oxygen atoms in total. The first-order valence-electron chi connectivity index (χ1n) is 25.5. The average molecular weight is 1060 g/mol. The van der Waals surface area contributed by atoms with Gasteiger partial charge in [0, 0.05) is 42.9 Å². The highest BCUT2D eigenvalue weighted by Gasteiger charge is 2.45. The fourth-order valence-electron chi connectivity index (χ4n) is 8.66. The topological polar surface area (TPSA) is 252 Å². The Balaban J connectivity index is 1.56. The number of nitrogens with two attached hydrogens (primary N) is 1. The summed E-state index contributed by atoms with van der Waals surface area (Å²) in [4.78, 5) is 119. The maximum atomic E-state index is 15.4. The molecule has 0 bridgehead atoms. The molecule has 0 saturated carbocycles. The number of hydrogen-bond acceptors (Lipinski definition) is 13. The lowest BCUT2D eigenvalue weighted by molar-refractivity contribution is -0.175. The zero-order valence-electron chi connectivity index (χ0n) is 44.1. The van der Waals surface area contributed by atoms with Crippen LogP contribution in [0.5, 0.6) is 0 Å². The van der Waals surface area contributed by atoms with Crippen LogP contribution in [0.4, 0.5) is 9.59 Å². The van der Waals surface area contributed by atoms with E-state index in [1.54, 1.807) is 93.7 Å². The van der Waals surface area contributed by atoms with Gasteiger partial charge in [-0.05, 0) is 107 Å². The van der Waals surface area contributed by atoms with Crippen LogP contribution in [0, 0.1) is 5.92 Å². The van der Waals surface area contributed by atoms with E-state index in [-0.39, 0.29) is 64.1 Å². The second-order valence-electron chi connectivity index (χ2n) is 19.9. The third kappa shape index (κ3) is 17.3. The molecule has 1 unspecified atom stereocenters. The van der Waals surface area contributed by atoms with E-state index in [2.05, 4.69) is 20.9 Å². The lowest BCUT2D eigenvalue weighted by Crippen LogP contribution is -2.61. The van der Waals surface area contributed by atoms with E-state index in [1.807, 2.05) is 38.3 Å². The highest BCUT2D eigenvalue weighted by molar-refractivity contribution is 7.98. The lowest BCUT2D eigenvalue weighted by Gasteiger charge is -2.37.